The van der Waals surface area contributed by atoms with Gasteiger partial charge in [-0.3, -0.25) is 9.59 Å². The van der Waals surface area contributed by atoms with Crippen molar-refractivity contribution >= 4 is 35.0 Å². The highest BCUT2D eigenvalue weighted by molar-refractivity contribution is 5.90. The Morgan fingerprint density at radius 2 is 1.80 bits per heavy atom. The van der Waals surface area contributed by atoms with Crippen LogP contribution in [0, 0.1) is 5.92 Å². The third kappa shape index (κ3) is 5.13. The van der Waals surface area contributed by atoms with Crippen molar-refractivity contribution in [1.29, 1.82) is 0 Å². The number of carbonyl (C=O) groups excluding carboxylic acids is 2. The van der Waals surface area contributed by atoms with Crippen molar-refractivity contribution < 1.29 is 9.59 Å². The standard InChI is InChI=1S/C24H31N3O2.ClH/c1-16(2)23(24(29)27-12-11-20-9-10-21(15-27)25-20)26-22(28)14-17-7-8-18-5-3-4-6-19(18)13-17;/h3-8,13,16,20-21,23,25H,9-12,14-15H2,1-2H3,(H,26,28);1H. The molecule has 0 aliphatic carbocycles. The minimum absolute atomic E-state index is 0. The Labute approximate surface area is 185 Å². The second kappa shape index (κ2) is 9.80. The van der Waals surface area contributed by atoms with Crippen LogP contribution in [-0.2, 0) is 16.0 Å². The van der Waals surface area contributed by atoms with Gasteiger partial charge in [-0.25, -0.2) is 0 Å². The second-order valence-corrected chi connectivity index (χ2v) is 8.86. The van der Waals surface area contributed by atoms with Crippen molar-refractivity contribution in [3.8, 4) is 0 Å². The summed E-state index contributed by atoms with van der Waals surface area (Å²) in [5.41, 5.74) is 0.965. The molecular formula is C24H32ClN3O2. The van der Waals surface area contributed by atoms with E-state index in [1.165, 1.54) is 6.42 Å². The molecule has 4 rings (SSSR count). The molecule has 0 saturated carbocycles. The number of halogens is 1. The van der Waals surface area contributed by atoms with Gasteiger partial charge < -0.3 is 15.5 Å². The smallest absolute Gasteiger partial charge is 0.245 e. The minimum atomic E-state index is -0.473. The molecule has 2 saturated heterocycles. The van der Waals surface area contributed by atoms with Crippen LogP contribution in [0.4, 0.5) is 0 Å². The molecule has 2 aromatic rings. The normalized spacial score (nSPS) is 21.8. The number of rotatable bonds is 5. The molecule has 2 bridgehead atoms. The molecule has 6 heteroatoms. The van der Waals surface area contributed by atoms with E-state index in [0.717, 1.165) is 42.3 Å². The molecule has 2 aromatic carbocycles. The van der Waals surface area contributed by atoms with E-state index >= 15 is 0 Å². The number of hydrogen-bond acceptors (Lipinski definition) is 3. The van der Waals surface area contributed by atoms with Gasteiger partial charge in [0.2, 0.25) is 11.8 Å². The molecule has 2 fully saturated rings. The SMILES string of the molecule is CC(C)C(NC(=O)Cc1ccc2ccccc2c1)C(=O)N1CCC2CCC(C1)N2.Cl. The predicted octanol–water partition coefficient (Wildman–Crippen LogP) is 3.30. The van der Waals surface area contributed by atoms with Crippen LogP contribution in [0.2, 0.25) is 0 Å². The molecule has 2 N–H and O–H groups in total. The zero-order valence-electron chi connectivity index (χ0n) is 17.8. The number of nitrogens with one attached hydrogen (secondary N) is 2. The fourth-order valence-electron chi connectivity index (χ4n) is 4.61. The average Bonchev–Trinajstić information content (AvgIpc) is 3.04. The van der Waals surface area contributed by atoms with Gasteiger partial charge >= 0.3 is 0 Å². The van der Waals surface area contributed by atoms with Gasteiger partial charge in [0.05, 0.1) is 6.42 Å². The molecule has 5 nitrogen and oxygen atoms in total. The Morgan fingerprint density at radius 3 is 2.57 bits per heavy atom. The van der Waals surface area contributed by atoms with Crippen molar-refractivity contribution in [2.45, 2.75) is 57.7 Å². The highest BCUT2D eigenvalue weighted by atomic mass is 35.5. The summed E-state index contributed by atoms with van der Waals surface area (Å²) in [6.45, 7) is 5.53. The average molecular weight is 430 g/mol. The van der Waals surface area contributed by atoms with Gasteiger partial charge in [0.15, 0.2) is 0 Å². The molecule has 2 aliphatic rings. The van der Waals surface area contributed by atoms with Crippen LogP contribution >= 0.6 is 12.4 Å². The number of carbonyl (C=O) groups is 2. The van der Waals surface area contributed by atoms with E-state index in [4.69, 9.17) is 0 Å². The molecule has 2 heterocycles. The van der Waals surface area contributed by atoms with Crippen molar-refractivity contribution in [2.24, 2.45) is 5.92 Å². The topological polar surface area (TPSA) is 61.4 Å². The molecule has 2 amide bonds. The quantitative estimate of drug-likeness (QED) is 0.766. The first-order valence-electron chi connectivity index (χ1n) is 10.8. The summed E-state index contributed by atoms with van der Waals surface area (Å²) >= 11 is 0. The number of nitrogens with zero attached hydrogens (tertiary/aromatic N) is 1. The lowest BCUT2D eigenvalue weighted by molar-refractivity contribution is -0.137. The van der Waals surface area contributed by atoms with Gasteiger partial charge in [-0.2, -0.15) is 0 Å². The van der Waals surface area contributed by atoms with E-state index in [0.29, 0.717) is 12.1 Å². The van der Waals surface area contributed by atoms with Crippen LogP contribution in [0.25, 0.3) is 10.8 Å². The molecule has 30 heavy (non-hydrogen) atoms. The lowest BCUT2D eigenvalue weighted by atomic mass is 10.00. The second-order valence-electron chi connectivity index (χ2n) is 8.86. The van der Waals surface area contributed by atoms with Crippen LogP contribution in [0.1, 0.15) is 38.7 Å². The molecule has 0 aromatic heterocycles. The summed E-state index contributed by atoms with van der Waals surface area (Å²) in [6.07, 6.45) is 3.63. The predicted molar refractivity (Wildman–Crippen MR) is 123 cm³/mol. The zero-order chi connectivity index (χ0) is 20.4. The fraction of sp³-hybridized carbons (Fsp3) is 0.500. The maximum Gasteiger partial charge on any atom is 0.245 e. The van der Waals surface area contributed by atoms with Gasteiger partial charge in [-0.05, 0) is 41.5 Å². The van der Waals surface area contributed by atoms with E-state index in [2.05, 4.69) is 28.8 Å². The third-order valence-corrected chi connectivity index (χ3v) is 6.26. The highest BCUT2D eigenvalue weighted by Crippen LogP contribution is 2.22. The van der Waals surface area contributed by atoms with E-state index < -0.39 is 6.04 Å². The Bertz CT molecular complexity index is 901. The Hall–Kier alpha value is -2.11. The first kappa shape index (κ1) is 22.6. The fourth-order valence-corrected chi connectivity index (χ4v) is 4.61. The minimum Gasteiger partial charge on any atom is -0.344 e. The molecule has 3 unspecified atom stereocenters. The number of amides is 2. The maximum atomic E-state index is 13.2. The summed E-state index contributed by atoms with van der Waals surface area (Å²) in [6, 6.07) is 14.7. The van der Waals surface area contributed by atoms with Gasteiger partial charge in [0.1, 0.15) is 6.04 Å². The first-order valence-corrected chi connectivity index (χ1v) is 10.8. The lowest BCUT2D eigenvalue weighted by Crippen LogP contribution is -2.53. The molecule has 3 atom stereocenters. The number of likely N-dealkylation sites (tertiary alicyclic amines) is 1. The summed E-state index contributed by atoms with van der Waals surface area (Å²) in [4.78, 5) is 27.9. The number of benzene rings is 2. The van der Waals surface area contributed by atoms with E-state index in [1.54, 1.807) is 0 Å². The van der Waals surface area contributed by atoms with Crippen LogP contribution < -0.4 is 10.6 Å². The van der Waals surface area contributed by atoms with Gasteiger partial charge in [-0.1, -0.05) is 56.3 Å². The lowest BCUT2D eigenvalue weighted by Gasteiger charge is -2.31. The molecule has 0 radical (unpaired) electrons. The van der Waals surface area contributed by atoms with Crippen LogP contribution in [0.15, 0.2) is 42.5 Å². The first-order chi connectivity index (χ1) is 14.0. The summed E-state index contributed by atoms with van der Waals surface area (Å²) in [5, 5.41) is 8.93. The molecule has 2 aliphatic heterocycles. The van der Waals surface area contributed by atoms with Crippen LogP contribution in [-0.4, -0.2) is 47.9 Å². The Morgan fingerprint density at radius 1 is 1.07 bits per heavy atom. The summed E-state index contributed by atoms with van der Waals surface area (Å²) in [7, 11) is 0. The van der Waals surface area contributed by atoms with Crippen molar-refractivity contribution in [3.05, 3.63) is 48.0 Å². The van der Waals surface area contributed by atoms with Crippen LogP contribution in [0.3, 0.4) is 0 Å². The van der Waals surface area contributed by atoms with E-state index in [9.17, 15) is 9.59 Å². The zero-order valence-corrected chi connectivity index (χ0v) is 18.6. The molecule has 162 valence electrons. The van der Waals surface area contributed by atoms with Crippen molar-refractivity contribution in [1.82, 2.24) is 15.5 Å². The Balaban J connectivity index is 0.00000256. The van der Waals surface area contributed by atoms with Crippen molar-refractivity contribution in [2.75, 3.05) is 13.1 Å². The molecular weight excluding hydrogens is 398 g/mol. The third-order valence-electron chi connectivity index (χ3n) is 6.26. The number of fused-ring (bicyclic) bond motifs is 3. The monoisotopic (exact) mass is 429 g/mol. The largest absolute Gasteiger partial charge is 0.344 e. The van der Waals surface area contributed by atoms with Gasteiger partial charge in [0, 0.05) is 25.2 Å². The van der Waals surface area contributed by atoms with E-state index in [1.807, 2.05) is 43.0 Å². The van der Waals surface area contributed by atoms with Gasteiger partial charge in [-0.15, -0.1) is 12.4 Å². The van der Waals surface area contributed by atoms with Gasteiger partial charge in [0.25, 0.3) is 0 Å². The van der Waals surface area contributed by atoms with Crippen LogP contribution in [0.5, 0.6) is 0 Å². The van der Waals surface area contributed by atoms with Crippen molar-refractivity contribution in [3.63, 3.8) is 0 Å². The maximum absolute atomic E-state index is 13.2. The van der Waals surface area contributed by atoms with E-state index in [-0.39, 0.29) is 36.6 Å². The highest BCUT2D eigenvalue weighted by Gasteiger charge is 2.35. The Kier molecular flexibility index (Phi) is 7.37. The number of hydrogen-bond donors (Lipinski definition) is 2. The molecule has 0 spiro atoms. The summed E-state index contributed by atoms with van der Waals surface area (Å²) < 4.78 is 0. The summed E-state index contributed by atoms with van der Waals surface area (Å²) in [5.74, 6) is 0.0134.